The first-order valence-electron chi connectivity index (χ1n) is 6.67. The molecule has 2 radical (unpaired) electrons. The number of benzene rings is 3. The molecule has 0 aliphatic carbocycles. The molecule has 3 heteroatoms. The van der Waals surface area contributed by atoms with Crippen LogP contribution in [0, 0.1) is 0 Å². The third-order valence-corrected chi connectivity index (χ3v) is 2.94. The lowest BCUT2D eigenvalue weighted by atomic mass is 9.95. The van der Waals surface area contributed by atoms with Crippen molar-refractivity contribution in [3.8, 4) is 23.0 Å². The van der Waals surface area contributed by atoms with Crippen LogP contribution in [0.4, 0.5) is 0 Å². The maximum atomic E-state index is 6.02. The summed E-state index contributed by atoms with van der Waals surface area (Å²) in [6.07, 6.45) is 0. The predicted octanol–water partition coefficient (Wildman–Crippen LogP) is 4.07. The summed E-state index contributed by atoms with van der Waals surface area (Å²) in [6, 6.07) is 24.5. The van der Waals surface area contributed by atoms with Crippen molar-refractivity contribution >= 4 is 13.3 Å². The summed E-state index contributed by atoms with van der Waals surface area (Å²) in [4.78, 5) is 0. The van der Waals surface area contributed by atoms with Crippen LogP contribution in [0.1, 0.15) is 0 Å². The van der Waals surface area contributed by atoms with Crippen LogP contribution in [0.25, 0.3) is 0 Å². The molecule has 0 N–H and O–H groups in total. The van der Waals surface area contributed by atoms with Crippen LogP contribution < -0.4 is 14.9 Å². The van der Waals surface area contributed by atoms with E-state index in [1.54, 1.807) is 6.07 Å². The summed E-state index contributed by atoms with van der Waals surface area (Å²) in [5.41, 5.74) is 0.535. The molecule has 0 aliphatic rings. The normalized spacial score (nSPS) is 10.1. The van der Waals surface area contributed by atoms with Crippen molar-refractivity contribution in [2.75, 3.05) is 0 Å². The topological polar surface area (TPSA) is 18.5 Å². The van der Waals surface area contributed by atoms with Gasteiger partial charge in [0.1, 0.15) is 19.3 Å². The lowest BCUT2D eigenvalue weighted by Crippen LogP contribution is -2.07. The number of para-hydroxylation sites is 3. The Hall–Kier alpha value is -2.68. The van der Waals surface area contributed by atoms with Crippen LogP contribution in [0.3, 0.4) is 0 Å². The van der Waals surface area contributed by atoms with E-state index >= 15 is 0 Å². The van der Waals surface area contributed by atoms with Gasteiger partial charge in [0.15, 0.2) is 11.5 Å². The van der Waals surface area contributed by atoms with Gasteiger partial charge in [-0.2, -0.15) is 0 Å². The maximum absolute atomic E-state index is 6.02. The summed E-state index contributed by atoms with van der Waals surface area (Å²) < 4.78 is 11.7. The molecule has 2 nitrogen and oxygen atoms in total. The molecule has 0 aliphatic heterocycles. The van der Waals surface area contributed by atoms with E-state index in [1.807, 2.05) is 72.8 Å². The maximum Gasteiger partial charge on any atom is 0.169 e. The van der Waals surface area contributed by atoms with Crippen LogP contribution in [0.15, 0.2) is 78.9 Å². The highest BCUT2D eigenvalue weighted by molar-refractivity contribution is 6.34. The lowest BCUT2D eigenvalue weighted by molar-refractivity contribution is 0.421. The van der Waals surface area contributed by atoms with Gasteiger partial charge in [0, 0.05) is 0 Å². The van der Waals surface area contributed by atoms with Gasteiger partial charge in [0.25, 0.3) is 0 Å². The molecule has 0 bridgehead atoms. The van der Waals surface area contributed by atoms with Gasteiger partial charge in [-0.05, 0) is 30.3 Å². The zero-order valence-electron chi connectivity index (χ0n) is 11.4. The average molecular weight is 272 g/mol. The first-order chi connectivity index (χ1) is 10.3. The van der Waals surface area contributed by atoms with E-state index in [9.17, 15) is 0 Å². The van der Waals surface area contributed by atoms with Gasteiger partial charge in [0.2, 0.25) is 0 Å². The van der Waals surface area contributed by atoms with Gasteiger partial charge in [-0.1, -0.05) is 54.0 Å². The molecule has 0 heterocycles. The van der Waals surface area contributed by atoms with Crippen molar-refractivity contribution in [2.24, 2.45) is 0 Å². The second-order valence-corrected chi connectivity index (χ2v) is 4.50. The Balaban J connectivity index is 1.92. The highest BCUT2D eigenvalue weighted by Crippen LogP contribution is 2.32. The predicted molar refractivity (Wildman–Crippen MR) is 84.9 cm³/mol. The third kappa shape index (κ3) is 3.26. The highest BCUT2D eigenvalue weighted by atomic mass is 16.5. The Morgan fingerprint density at radius 3 is 1.76 bits per heavy atom. The van der Waals surface area contributed by atoms with Gasteiger partial charge < -0.3 is 9.47 Å². The molecule has 0 amide bonds. The van der Waals surface area contributed by atoms with Crippen LogP contribution in [-0.4, -0.2) is 7.85 Å². The molecule has 100 valence electrons. The largest absolute Gasteiger partial charge is 0.454 e. The number of rotatable bonds is 4. The van der Waals surface area contributed by atoms with Crippen molar-refractivity contribution < 1.29 is 9.47 Å². The van der Waals surface area contributed by atoms with Crippen LogP contribution in [-0.2, 0) is 0 Å². The fraction of sp³-hybridized carbons (Fsp3) is 0. The van der Waals surface area contributed by atoms with Gasteiger partial charge in [-0.15, -0.1) is 0 Å². The van der Waals surface area contributed by atoms with Gasteiger partial charge in [-0.3, -0.25) is 0 Å². The number of hydrogen-bond acceptors (Lipinski definition) is 2. The molecule has 0 fully saturated rings. The van der Waals surface area contributed by atoms with E-state index in [4.69, 9.17) is 17.3 Å². The van der Waals surface area contributed by atoms with E-state index in [-0.39, 0.29) is 0 Å². The first-order valence-corrected chi connectivity index (χ1v) is 6.67. The smallest absolute Gasteiger partial charge is 0.169 e. The fourth-order valence-electron chi connectivity index (χ4n) is 1.94. The fourth-order valence-corrected chi connectivity index (χ4v) is 1.94. The van der Waals surface area contributed by atoms with Crippen molar-refractivity contribution in [2.45, 2.75) is 0 Å². The van der Waals surface area contributed by atoms with Crippen molar-refractivity contribution in [1.82, 2.24) is 0 Å². The minimum atomic E-state index is 0.521. The van der Waals surface area contributed by atoms with E-state index in [1.165, 1.54) is 0 Å². The van der Waals surface area contributed by atoms with E-state index in [0.29, 0.717) is 22.7 Å². The second-order valence-electron chi connectivity index (χ2n) is 4.50. The minimum Gasteiger partial charge on any atom is -0.454 e. The van der Waals surface area contributed by atoms with Crippen molar-refractivity contribution in [1.29, 1.82) is 0 Å². The summed E-state index contributed by atoms with van der Waals surface area (Å²) in [5.74, 6) is 2.56. The third-order valence-electron chi connectivity index (χ3n) is 2.94. The van der Waals surface area contributed by atoms with Crippen LogP contribution >= 0.6 is 0 Å². The zero-order chi connectivity index (χ0) is 14.5. The summed E-state index contributed by atoms with van der Waals surface area (Å²) in [5, 5.41) is 0. The van der Waals surface area contributed by atoms with Crippen LogP contribution in [0.2, 0.25) is 0 Å². The molecule has 0 aromatic heterocycles. The van der Waals surface area contributed by atoms with E-state index < -0.39 is 0 Å². The molecule has 21 heavy (non-hydrogen) atoms. The zero-order valence-corrected chi connectivity index (χ0v) is 11.4. The first kappa shape index (κ1) is 13.3. The molecule has 0 saturated heterocycles. The second kappa shape index (κ2) is 6.18. The Morgan fingerprint density at radius 1 is 0.571 bits per heavy atom. The summed E-state index contributed by atoms with van der Waals surface area (Å²) in [7, 11) is 6.02. The Kier molecular flexibility index (Phi) is 3.92. The molecule has 3 aromatic carbocycles. The summed E-state index contributed by atoms with van der Waals surface area (Å²) in [6.45, 7) is 0. The summed E-state index contributed by atoms with van der Waals surface area (Å²) >= 11 is 0. The SMILES string of the molecule is [B]c1cccc(Oc2ccccc2)c1Oc1ccccc1. The molecule has 0 spiro atoms. The highest BCUT2D eigenvalue weighted by Gasteiger charge is 2.10. The van der Waals surface area contributed by atoms with Gasteiger partial charge in [-0.25, -0.2) is 0 Å². The van der Waals surface area contributed by atoms with Crippen LogP contribution in [0.5, 0.6) is 23.0 Å². The number of ether oxygens (including phenoxy) is 2. The lowest BCUT2D eigenvalue weighted by Gasteiger charge is -2.14. The molecule has 0 unspecified atom stereocenters. The molecule has 3 aromatic rings. The molecule has 3 rings (SSSR count). The average Bonchev–Trinajstić information content (AvgIpc) is 2.53. The number of hydrogen-bond donors (Lipinski definition) is 0. The van der Waals surface area contributed by atoms with Gasteiger partial charge in [0.05, 0.1) is 0 Å². The molecule has 0 atom stereocenters. The quantitative estimate of drug-likeness (QED) is 0.666. The van der Waals surface area contributed by atoms with Crippen molar-refractivity contribution in [3.63, 3.8) is 0 Å². The molecular formula is C18H13BO2. The monoisotopic (exact) mass is 272 g/mol. The molecular weight excluding hydrogens is 259 g/mol. The minimum absolute atomic E-state index is 0.521. The standard InChI is InChI=1S/C18H13BO2/c19-16-12-7-13-17(20-14-8-3-1-4-9-14)18(16)21-15-10-5-2-6-11-15/h1-13H. The van der Waals surface area contributed by atoms with E-state index in [0.717, 1.165) is 5.75 Å². The Bertz CT molecular complexity index is 712. The van der Waals surface area contributed by atoms with E-state index in [2.05, 4.69) is 0 Å². The Morgan fingerprint density at radius 2 is 1.14 bits per heavy atom. The van der Waals surface area contributed by atoms with Gasteiger partial charge >= 0.3 is 0 Å². The molecule has 0 saturated carbocycles. The van der Waals surface area contributed by atoms with Crippen molar-refractivity contribution in [3.05, 3.63) is 78.9 Å². The Labute approximate surface area is 125 Å².